The number of benzene rings is 1. The highest BCUT2D eigenvalue weighted by atomic mass is 32.1. The van der Waals surface area contributed by atoms with Crippen molar-refractivity contribution >= 4 is 11.3 Å². The fourth-order valence-corrected chi connectivity index (χ4v) is 3.06. The second kappa shape index (κ2) is 6.83. The Kier molecular flexibility index (Phi) is 5.11. The zero-order chi connectivity index (χ0) is 13.7. The predicted octanol–water partition coefficient (Wildman–Crippen LogP) is 4.51. The van der Waals surface area contributed by atoms with Crippen LogP contribution in [-0.2, 0) is 6.42 Å². The first-order chi connectivity index (χ1) is 9.24. The Balaban J connectivity index is 2.06. The Morgan fingerprint density at radius 1 is 1.21 bits per heavy atom. The second-order valence-corrected chi connectivity index (χ2v) is 5.93. The summed E-state index contributed by atoms with van der Waals surface area (Å²) in [6, 6.07) is 11.3. The number of thiazole rings is 1. The zero-order valence-electron chi connectivity index (χ0n) is 11.9. The molecule has 0 aliphatic heterocycles. The maximum absolute atomic E-state index is 4.52. The first-order valence-corrected chi connectivity index (χ1v) is 7.81. The number of hydrogen-bond donors (Lipinski definition) is 1. The standard InChI is InChI=1S/C16H22N2S/c1-4-14-11-17-16(19-14)12(3)18-15(5-2)13-9-7-6-8-10-13/h6-12,15,18H,4-5H2,1-3H3. The number of nitrogens with zero attached hydrogens (tertiary/aromatic N) is 1. The summed E-state index contributed by atoms with van der Waals surface area (Å²) in [6.45, 7) is 6.59. The van der Waals surface area contributed by atoms with Gasteiger partial charge in [0.25, 0.3) is 0 Å². The van der Waals surface area contributed by atoms with Gasteiger partial charge in [-0.1, -0.05) is 44.2 Å². The smallest absolute Gasteiger partial charge is 0.109 e. The Morgan fingerprint density at radius 3 is 2.53 bits per heavy atom. The number of rotatable bonds is 6. The van der Waals surface area contributed by atoms with Gasteiger partial charge < -0.3 is 5.32 Å². The van der Waals surface area contributed by atoms with Crippen LogP contribution in [0.5, 0.6) is 0 Å². The molecule has 0 spiro atoms. The van der Waals surface area contributed by atoms with Gasteiger partial charge in [-0.2, -0.15) is 0 Å². The van der Waals surface area contributed by atoms with Crippen molar-refractivity contribution < 1.29 is 0 Å². The minimum absolute atomic E-state index is 0.301. The molecule has 2 atom stereocenters. The van der Waals surface area contributed by atoms with E-state index in [0.717, 1.165) is 12.8 Å². The third kappa shape index (κ3) is 3.64. The lowest BCUT2D eigenvalue weighted by molar-refractivity contribution is 0.455. The van der Waals surface area contributed by atoms with Crippen molar-refractivity contribution in [3.63, 3.8) is 0 Å². The number of hydrogen-bond acceptors (Lipinski definition) is 3. The first-order valence-electron chi connectivity index (χ1n) is 7.00. The lowest BCUT2D eigenvalue weighted by atomic mass is 10.0. The molecule has 1 N–H and O–H groups in total. The third-order valence-electron chi connectivity index (χ3n) is 3.35. The average molecular weight is 274 g/mol. The van der Waals surface area contributed by atoms with Crippen molar-refractivity contribution in [2.75, 3.05) is 0 Å². The Bertz CT molecular complexity index is 492. The summed E-state index contributed by atoms with van der Waals surface area (Å²) in [5, 5.41) is 4.87. The van der Waals surface area contributed by atoms with Crippen LogP contribution in [0.1, 0.15) is 54.7 Å². The lowest BCUT2D eigenvalue weighted by Gasteiger charge is -2.21. The Labute approximate surface area is 119 Å². The minimum Gasteiger partial charge on any atom is -0.301 e. The van der Waals surface area contributed by atoms with Crippen molar-refractivity contribution in [2.24, 2.45) is 0 Å². The fraction of sp³-hybridized carbons (Fsp3) is 0.438. The average Bonchev–Trinajstić information content (AvgIpc) is 2.94. The monoisotopic (exact) mass is 274 g/mol. The summed E-state index contributed by atoms with van der Waals surface area (Å²) in [4.78, 5) is 5.88. The summed E-state index contributed by atoms with van der Waals surface area (Å²) >= 11 is 1.82. The molecule has 1 aromatic heterocycles. The molecule has 0 radical (unpaired) electrons. The van der Waals surface area contributed by atoms with Crippen LogP contribution >= 0.6 is 11.3 Å². The largest absolute Gasteiger partial charge is 0.301 e. The SMILES string of the molecule is CCc1cnc(C(C)NC(CC)c2ccccc2)s1. The van der Waals surface area contributed by atoms with E-state index in [4.69, 9.17) is 0 Å². The fourth-order valence-electron chi connectivity index (χ4n) is 2.19. The highest BCUT2D eigenvalue weighted by Crippen LogP contribution is 2.25. The van der Waals surface area contributed by atoms with Crippen molar-refractivity contribution in [3.05, 3.63) is 52.0 Å². The van der Waals surface area contributed by atoms with Crippen molar-refractivity contribution in [2.45, 2.75) is 45.7 Å². The molecule has 0 bridgehead atoms. The van der Waals surface area contributed by atoms with E-state index in [2.05, 4.69) is 61.4 Å². The van der Waals surface area contributed by atoms with Crippen LogP contribution < -0.4 is 5.32 Å². The molecule has 0 saturated heterocycles. The molecule has 2 unspecified atom stereocenters. The highest BCUT2D eigenvalue weighted by Gasteiger charge is 2.15. The van der Waals surface area contributed by atoms with Gasteiger partial charge in [0.15, 0.2) is 0 Å². The molecular weight excluding hydrogens is 252 g/mol. The van der Waals surface area contributed by atoms with Gasteiger partial charge in [-0.05, 0) is 25.3 Å². The Hall–Kier alpha value is -1.19. The van der Waals surface area contributed by atoms with E-state index in [9.17, 15) is 0 Å². The number of nitrogens with one attached hydrogen (secondary N) is 1. The van der Waals surface area contributed by atoms with Gasteiger partial charge in [0.05, 0.1) is 6.04 Å². The van der Waals surface area contributed by atoms with Crippen LogP contribution in [0.25, 0.3) is 0 Å². The molecule has 1 heterocycles. The Morgan fingerprint density at radius 2 is 1.95 bits per heavy atom. The summed E-state index contributed by atoms with van der Waals surface area (Å²) in [5.41, 5.74) is 1.35. The van der Waals surface area contributed by atoms with Gasteiger partial charge in [-0.25, -0.2) is 4.98 Å². The van der Waals surface area contributed by atoms with Gasteiger partial charge in [-0.15, -0.1) is 11.3 Å². The van der Waals surface area contributed by atoms with Gasteiger partial charge in [0.2, 0.25) is 0 Å². The minimum atomic E-state index is 0.301. The maximum Gasteiger partial charge on any atom is 0.109 e. The summed E-state index contributed by atoms with van der Waals surface area (Å²) in [6.07, 6.45) is 4.16. The molecule has 0 saturated carbocycles. The second-order valence-electron chi connectivity index (χ2n) is 4.78. The molecular formula is C16H22N2S. The summed E-state index contributed by atoms with van der Waals surface area (Å²) < 4.78 is 0. The molecule has 3 heteroatoms. The van der Waals surface area contributed by atoms with E-state index in [0.29, 0.717) is 12.1 Å². The molecule has 2 aromatic rings. The first kappa shape index (κ1) is 14.2. The van der Waals surface area contributed by atoms with Crippen LogP contribution in [0, 0.1) is 0 Å². The van der Waals surface area contributed by atoms with Crippen LogP contribution in [0.2, 0.25) is 0 Å². The lowest BCUT2D eigenvalue weighted by Crippen LogP contribution is -2.24. The van der Waals surface area contributed by atoms with E-state index in [-0.39, 0.29) is 0 Å². The van der Waals surface area contributed by atoms with Crippen molar-refractivity contribution in [1.82, 2.24) is 10.3 Å². The molecule has 2 rings (SSSR count). The van der Waals surface area contributed by atoms with E-state index in [1.54, 1.807) is 0 Å². The third-order valence-corrected chi connectivity index (χ3v) is 4.68. The molecule has 0 aliphatic rings. The maximum atomic E-state index is 4.52. The highest BCUT2D eigenvalue weighted by molar-refractivity contribution is 7.11. The topological polar surface area (TPSA) is 24.9 Å². The predicted molar refractivity (Wildman–Crippen MR) is 82.5 cm³/mol. The normalized spacial score (nSPS) is 14.3. The molecule has 0 fully saturated rings. The molecule has 102 valence electrons. The molecule has 1 aromatic carbocycles. The van der Waals surface area contributed by atoms with Gasteiger partial charge >= 0.3 is 0 Å². The van der Waals surface area contributed by atoms with Gasteiger partial charge in [-0.3, -0.25) is 0 Å². The molecule has 2 nitrogen and oxygen atoms in total. The van der Waals surface area contributed by atoms with Crippen LogP contribution in [0.3, 0.4) is 0 Å². The van der Waals surface area contributed by atoms with E-state index in [1.165, 1.54) is 15.4 Å². The van der Waals surface area contributed by atoms with Crippen molar-refractivity contribution in [3.8, 4) is 0 Å². The summed E-state index contributed by atoms with van der Waals surface area (Å²) in [5.74, 6) is 0. The van der Waals surface area contributed by atoms with E-state index in [1.807, 2.05) is 17.5 Å². The summed E-state index contributed by atoms with van der Waals surface area (Å²) in [7, 11) is 0. The quantitative estimate of drug-likeness (QED) is 0.838. The van der Waals surface area contributed by atoms with Crippen molar-refractivity contribution in [1.29, 1.82) is 0 Å². The molecule has 0 aliphatic carbocycles. The zero-order valence-corrected chi connectivity index (χ0v) is 12.7. The molecule has 19 heavy (non-hydrogen) atoms. The van der Waals surface area contributed by atoms with Crippen LogP contribution in [-0.4, -0.2) is 4.98 Å². The van der Waals surface area contributed by atoms with Gasteiger partial charge in [0.1, 0.15) is 5.01 Å². The number of aromatic nitrogens is 1. The van der Waals surface area contributed by atoms with Crippen LogP contribution in [0.15, 0.2) is 36.5 Å². The van der Waals surface area contributed by atoms with E-state index < -0.39 is 0 Å². The van der Waals surface area contributed by atoms with Crippen LogP contribution in [0.4, 0.5) is 0 Å². The van der Waals surface area contributed by atoms with Gasteiger partial charge in [0, 0.05) is 17.1 Å². The van der Waals surface area contributed by atoms with E-state index >= 15 is 0 Å². The number of aryl methyl sites for hydroxylation is 1. The molecule has 0 amide bonds.